The summed E-state index contributed by atoms with van der Waals surface area (Å²) in [6, 6.07) is 8.25. The number of hydrogen-bond donors (Lipinski definition) is 4. The molecule has 0 aromatic heterocycles. The maximum Gasteiger partial charge on any atom is 0.333 e. The number of hydroxylamine groups is 2. The van der Waals surface area contributed by atoms with Crippen molar-refractivity contribution in [1.29, 1.82) is 0 Å². The van der Waals surface area contributed by atoms with Gasteiger partial charge in [0.25, 0.3) is 52.3 Å². The van der Waals surface area contributed by atoms with Crippen molar-refractivity contribution in [2.45, 2.75) is 98.7 Å². The summed E-state index contributed by atoms with van der Waals surface area (Å²) in [6.45, 7) is 5.07. The zero-order chi connectivity index (χ0) is 52.4. The van der Waals surface area contributed by atoms with Crippen LogP contribution in [-0.4, -0.2) is 137 Å². The minimum atomic E-state index is -4.67. The number of carbonyl (C=O) groups excluding carboxylic acids is 3. The lowest BCUT2D eigenvalue weighted by Crippen LogP contribution is -2.32. The van der Waals surface area contributed by atoms with Gasteiger partial charge in [-0.2, -0.15) is 38.2 Å². The lowest BCUT2D eigenvalue weighted by Gasteiger charge is -2.30. The first-order chi connectivity index (χ1) is 33.2. The number of rotatable bonds is 27. The fourth-order valence-corrected chi connectivity index (χ4v) is 11.0. The summed E-state index contributed by atoms with van der Waals surface area (Å²) in [6.07, 6.45) is 13.4. The Bertz CT molecular complexity index is 2950. The van der Waals surface area contributed by atoms with Crippen molar-refractivity contribution in [3.63, 3.8) is 0 Å². The van der Waals surface area contributed by atoms with E-state index in [0.717, 1.165) is 0 Å². The third kappa shape index (κ3) is 15.1. The molecule has 2 atom stereocenters. The van der Waals surface area contributed by atoms with Crippen LogP contribution in [0.5, 0.6) is 0 Å². The van der Waals surface area contributed by atoms with E-state index in [-0.39, 0.29) is 67.9 Å². The Morgan fingerprint density at radius 3 is 1.89 bits per heavy atom. The summed E-state index contributed by atoms with van der Waals surface area (Å²) < 4.78 is 148. The lowest BCUT2D eigenvalue weighted by molar-refractivity contribution is -0.438. The summed E-state index contributed by atoms with van der Waals surface area (Å²) in [7, 11) is -16.5. The van der Waals surface area contributed by atoms with Gasteiger partial charge in [0.1, 0.15) is 6.54 Å². The van der Waals surface area contributed by atoms with Crippen molar-refractivity contribution in [3.05, 3.63) is 95.8 Å². The fourth-order valence-electron chi connectivity index (χ4n) is 9.02. The van der Waals surface area contributed by atoms with Crippen molar-refractivity contribution in [2.24, 2.45) is 0 Å². The highest BCUT2D eigenvalue weighted by Crippen LogP contribution is 2.51. The molecule has 4 N–H and O–H groups in total. The van der Waals surface area contributed by atoms with Crippen LogP contribution >= 0.6 is 0 Å². The van der Waals surface area contributed by atoms with Crippen LogP contribution in [0.3, 0.4) is 0 Å². The van der Waals surface area contributed by atoms with Gasteiger partial charge in [0.05, 0.1) is 46.5 Å². The molecule has 25 heteroatoms. The predicted molar refractivity (Wildman–Crippen MR) is 260 cm³/mol. The van der Waals surface area contributed by atoms with E-state index in [1.165, 1.54) is 37.4 Å². The Balaban J connectivity index is 1.46. The first-order valence-corrected chi connectivity index (χ1v) is 28.7. The van der Waals surface area contributed by atoms with Crippen LogP contribution in [0.1, 0.15) is 89.2 Å². The number of unbranched alkanes of at least 4 members (excludes halogenated alkanes) is 2. The lowest BCUT2D eigenvalue weighted by atomic mass is 9.76. The molecule has 71 heavy (non-hydrogen) atoms. The van der Waals surface area contributed by atoms with E-state index in [1.807, 2.05) is 9.48 Å². The van der Waals surface area contributed by atoms with E-state index in [2.05, 4.69) is 0 Å². The van der Waals surface area contributed by atoms with Crippen LogP contribution < -0.4 is 4.90 Å². The summed E-state index contributed by atoms with van der Waals surface area (Å²) in [5.41, 5.74) is 1.30. The van der Waals surface area contributed by atoms with E-state index in [1.54, 1.807) is 62.4 Å². The molecule has 2 unspecified atom stereocenters. The number of hydrogen-bond acceptors (Lipinski definition) is 15. The van der Waals surface area contributed by atoms with Crippen LogP contribution in [0.2, 0.25) is 0 Å². The van der Waals surface area contributed by atoms with Crippen molar-refractivity contribution in [3.8, 4) is 0 Å². The first kappa shape index (κ1) is 56.9. The van der Waals surface area contributed by atoms with Crippen LogP contribution in [0.25, 0.3) is 0 Å². The maximum atomic E-state index is 12.4. The molecule has 0 radical (unpaired) electrons. The summed E-state index contributed by atoms with van der Waals surface area (Å²) >= 11 is 0. The van der Waals surface area contributed by atoms with Crippen LogP contribution in [0.15, 0.2) is 94.4 Å². The van der Waals surface area contributed by atoms with Crippen molar-refractivity contribution in [2.75, 3.05) is 56.4 Å². The zero-order valence-corrected chi connectivity index (χ0v) is 42.8. The van der Waals surface area contributed by atoms with Gasteiger partial charge in [0.2, 0.25) is 5.69 Å². The molecule has 3 aliphatic heterocycles. The molecule has 0 bridgehead atoms. The molecule has 2 aromatic carbocycles. The van der Waals surface area contributed by atoms with Crippen molar-refractivity contribution in [1.82, 2.24) is 5.06 Å². The van der Waals surface area contributed by atoms with E-state index in [0.29, 0.717) is 78.0 Å². The highest BCUT2D eigenvalue weighted by Gasteiger charge is 2.48. The molecule has 1 fully saturated rings. The van der Waals surface area contributed by atoms with Gasteiger partial charge in [-0.1, -0.05) is 30.4 Å². The molecule has 0 aliphatic carbocycles. The highest BCUT2D eigenvalue weighted by molar-refractivity contribution is 7.86. The summed E-state index contributed by atoms with van der Waals surface area (Å²) in [5.74, 6) is -3.07. The van der Waals surface area contributed by atoms with Crippen molar-refractivity contribution >= 4 is 75.3 Å². The molecule has 5 rings (SSSR count). The van der Waals surface area contributed by atoms with Gasteiger partial charge in [0.15, 0.2) is 5.71 Å². The van der Waals surface area contributed by atoms with Gasteiger partial charge in [-0.05, 0) is 94.3 Å². The fraction of sp³-hybridized carbons (Fsp3) is 0.478. The monoisotopic (exact) mass is 1070 g/mol. The molecule has 2 aromatic rings. The number of ether oxygens (including phenoxy) is 2. The third-order valence-corrected chi connectivity index (χ3v) is 15.8. The first-order valence-electron chi connectivity index (χ1n) is 22.6. The number of amides is 2. The number of nitrogens with zero attached hydrogens (tertiary/aromatic N) is 3. The molecule has 3 aliphatic rings. The normalized spacial score (nSPS) is 20.5. The highest BCUT2D eigenvalue weighted by atomic mass is 32.2. The van der Waals surface area contributed by atoms with Gasteiger partial charge in [-0.15, -0.1) is 5.06 Å². The van der Waals surface area contributed by atoms with Crippen LogP contribution in [-0.2, 0) is 80.0 Å². The standard InChI is InChI=1S/C46H59N3O18S4/c1-45(23-12-30-68(53,54)55)36-32-34(70(59,60)61)17-19-38(36)47(25-11-7-10-16-44(52)67-49-42(50)21-22-43(49)51)40(45)14-8-5-4-6-9-15-41-46(2,24-13-31-69(56,57)58)37-33-35(71(62,63)64)18-20-39(37)48(41)26-27-66-29-28-65-3/h4-6,8-9,14-15,17-20,32-33H,7,10-13,16,21-31H2,1-3H3,(H3-,53,54,55,56,57,58,59,60,61,62,63,64)/p+1. The maximum absolute atomic E-state index is 12.4. The SMILES string of the molecule is COCCOCCN1/C(=C/C=C/C=C/C=C/C2=[N+](CCCCCC(=O)ON3C(=O)CCC3=O)c3ccc(S(=O)(=O)O)cc3C2(C)CCCS(=O)(=O)O)C(C)(CCCS(=O)(=O)O)c2cc(S(=O)(=O)O)ccc21. The molecule has 1 saturated heterocycles. The topological polar surface area (TPSA) is 306 Å². The van der Waals surface area contributed by atoms with E-state index < -0.39 is 80.6 Å². The molecule has 21 nitrogen and oxygen atoms in total. The second-order valence-corrected chi connectivity index (χ2v) is 23.6. The Morgan fingerprint density at radius 1 is 0.704 bits per heavy atom. The van der Waals surface area contributed by atoms with Gasteiger partial charge < -0.3 is 19.2 Å². The molecule has 390 valence electrons. The van der Waals surface area contributed by atoms with Crippen LogP contribution in [0, 0.1) is 0 Å². The number of carbonyl (C=O) groups is 3. The smallest absolute Gasteiger partial charge is 0.333 e. The Kier molecular flexibility index (Phi) is 19.0. The van der Waals surface area contributed by atoms with E-state index >= 15 is 0 Å². The number of methoxy groups -OCH3 is 1. The number of allylic oxidation sites excluding steroid dienone is 8. The quantitative estimate of drug-likeness (QED) is 0.0300. The van der Waals surface area contributed by atoms with Gasteiger partial charge in [-0.25, -0.2) is 4.79 Å². The average Bonchev–Trinajstić information content (AvgIpc) is 3.80. The van der Waals surface area contributed by atoms with Crippen LogP contribution in [0.4, 0.5) is 11.4 Å². The number of benzene rings is 2. The molecule has 0 saturated carbocycles. The van der Waals surface area contributed by atoms with Crippen molar-refractivity contribution < 1.29 is 85.2 Å². The molecular formula is C46H60N3O18S4+. The minimum absolute atomic E-state index is 0.000218. The number of anilines is 1. The van der Waals surface area contributed by atoms with Gasteiger partial charge in [-0.3, -0.25) is 27.8 Å². The average molecular weight is 1070 g/mol. The second-order valence-electron chi connectivity index (χ2n) is 17.6. The zero-order valence-electron chi connectivity index (χ0n) is 39.5. The third-order valence-electron chi connectivity index (χ3n) is 12.5. The molecular weight excluding hydrogens is 1010 g/mol. The number of fused-ring (bicyclic) bond motifs is 2. The molecule has 2 amide bonds. The predicted octanol–water partition coefficient (Wildman–Crippen LogP) is 5.03. The Hall–Kier alpha value is -4.96. The largest absolute Gasteiger partial charge is 0.382 e. The minimum Gasteiger partial charge on any atom is -0.382 e. The van der Waals surface area contributed by atoms with E-state index in [9.17, 15) is 66.3 Å². The molecule has 3 heterocycles. The number of imide groups is 1. The second kappa shape index (κ2) is 23.7. The molecule has 0 spiro atoms. The van der Waals surface area contributed by atoms with Gasteiger partial charge >= 0.3 is 5.97 Å². The van der Waals surface area contributed by atoms with E-state index in [4.69, 9.17) is 14.3 Å². The van der Waals surface area contributed by atoms with Gasteiger partial charge in [0, 0.05) is 73.8 Å². The Labute approximate surface area is 414 Å². The Morgan fingerprint density at radius 2 is 1.28 bits per heavy atom. The summed E-state index contributed by atoms with van der Waals surface area (Å²) in [4.78, 5) is 42.3. The summed E-state index contributed by atoms with van der Waals surface area (Å²) in [5, 5.41) is 0.482.